The van der Waals surface area contributed by atoms with Crippen molar-refractivity contribution in [2.24, 2.45) is 10.4 Å². The molecule has 1 fully saturated rings. The Balaban J connectivity index is 2.02. The summed E-state index contributed by atoms with van der Waals surface area (Å²) in [6, 6.07) is 0. The second-order valence-electron chi connectivity index (χ2n) is 7.14. The lowest BCUT2D eigenvalue weighted by atomic mass is 9.84. The summed E-state index contributed by atoms with van der Waals surface area (Å²) in [5.41, 5.74) is 1.49. The Morgan fingerprint density at radius 1 is 1.44 bits per heavy atom. The first-order chi connectivity index (χ1) is 12.0. The second-order valence-corrected chi connectivity index (χ2v) is 8.03. The highest BCUT2D eigenvalue weighted by molar-refractivity contribution is 7.09. The highest BCUT2D eigenvalue weighted by Crippen LogP contribution is 2.41. The van der Waals surface area contributed by atoms with Crippen LogP contribution in [0, 0.1) is 5.41 Å². The molecule has 142 valence electrons. The molecule has 1 saturated carbocycles. The van der Waals surface area contributed by atoms with Gasteiger partial charge in [-0.2, -0.15) is 0 Å². The molecule has 2 rings (SSSR count). The van der Waals surface area contributed by atoms with Gasteiger partial charge in [0.1, 0.15) is 11.1 Å². The molecule has 0 radical (unpaired) electrons. The van der Waals surface area contributed by atoms with Crippen LogP contribution in [0.2, 0.25) is 0 Å². The first kappa shape index (κ1) is 20.2. The van der Waals surface area contributed by atoms with Gasteiger partial charge in [-0.3, -0.25) is 4.99 Å². The van der Waals surface area contributed by atoms with E-state index in [0.717, 1.165) is 36.3 Å². The Morgan fingerprint density at radius 3 is 2.76 bits per heavy atom. The third kappa shape index (κ3) is 5.42. The van der Waals surface area contributed by atoms with Gasteiger partial charge < -0.3 is 15.0 Å². The molecule has 1 unspecified atom stereocenters. The Kier molecular flexibility index (Phi) is 7.69. The highest BCUT2D eigenvalue weighted by atomic mass is 32.1. The van der Waals surface area contributed by atoms with Gasteiger partial charge in [-0.1, -0.05) is 19.8 Å². The van der Waals surface area contributed by atoms with E-state index in [4.69, 9.17) is 14.7 Å². The molecule has 0 spiro atoms. The number of hydrogen-bond donors (Lipinski definition) is 1. The van der Waals surface area contributed by atoms with Crippen molar-refractivity contribution in [3.05, 3.63) is 16.1 Å². The van der Waals surface area contributed by atoms with Crippen LogP contribution in [-0.4, -0.2) is 43.1 Å². The predicted molar refractivity (Wildman–Crippen MR) is 106 cm³/mol. The lowest BCUT2D eigenvalue weighted by molar-refractivity contribution is 0.119. The average Bonchev–Trinajstić information content (AvgIpc) is 3.28. The van der Waals surface area contributed by atoms with E-state index in [2.05, 4.69) is 36.5 Å². The number of rotatable bonds is 8. The quantitative estimate of drug-likeness (QED) is 0.553. The number of thiazole rings is 1. The summed E-state index contributed by atoms with van der Waals surface area (Å²) in [4.78, 5) is 11.9. The molecule has 0 aliphatic heterocycles. The lowest BCUT2D eigenvalue weighted by Crippen LogP contribution is -2.39. The molecule has 1 aliphatic rings. The molecule has 0 amide bonds. The lowest BCUT2D eigenvalue weighted by Gasteiger charge is -2.27. The van der Waals surface area contributed by atoms with E-state index in [1.54, 1.807) is 18.4 Å². The van der Waals surface area contributed by atoms with E-state index in [0.29, 0.717) is 5.41 Å². The summed E-state index contributed by atoms with van der Waals surface area (Å²) >= 11 is 1.66. The van der Waals surface area contributed by atoms with Gasteiger partial charge in [0.25, 0.3) is 0 Å². The predicted octanol–water partition coefficient (Wildman–Crippen LogP) is 4.22. The SMILES string of the molecule is CCNC(=NCC1(CC)CCCC1)N(C)Cc1csc(C(C)OC)n1. The molecular formula is C19H34N4OS. The normalized spacial score (nSPS) is 18.4. The number of nitrogens with zero attached hydrogens (tertiary/aromatic N) is 3. The van der Waals surface area contributed by atoms with Gasteiger partial charge in [0.05, 0.1) is 12.2 Å². The average molecular weight is 367 g/mol. The number of hydrogen-bond acceptors (Lipinski definition) is 4. The number of methoxy groups -OCH3 is 1. The summed E-state index contributed by atoms with van der Waals surface area (Å²) in [6.45, 7) is 9.03. The molecule has 1 heterocycles. The fourth-order valence-corrected chi connectivity index (χ4v) is 4.30. The number of aromatic nitrogens is 1. The van der Waals surface area contributed by atoms with E-state index >= 15 is 0 Å². The molecule has 5 nitrogen and oxygen atoms in total. The summed E-state index contributed by atoms with van der Waals surface area (Å²) in [5.74, 6) is 0.983. The van der Waals surface area contributed by atoms with Crippen molar-refractivity contribution < 1.29 is 4.74 Å². The van der Waals surface area contributed by atoms with Gasteiger partial charge >= 0.3 is 0 Å². The summed E-state index contributed by atoms with van der Waals surface area (Å²) in [6.07, 6.45) is 6.63. The molecule has 25 heavy (non-hydrogen) atoms. The Bertz CT molecular complexity index is 551. The zero-order valence-electron chi connectivity index (χ0n) is 16.5. The van der Waals surface area contributed by atoms with Gasteiger partial charge in [-0.15, -0.1) is 11.3 Å². The van der Waals surface area contributed by atoms with Crippen LogP contribution in [0.5, 0.6) is 0 Å². The molecule has 0 saturated heterocycles. The molecule has 0 bridgehead atoms. The fraction of sp³-hybridized carbons (Fsp3) is 0.789. The summed E-state index contributed by atoms with van der Waals surface area (Å²) in [7, 11) is 3.81. The van der Waals surface area contributed by atoms with Crippen LogP contribution in [0.3, 0.4) is 0 Å². The standard InChI is InChI=1S/C19H34N4OS/c1-6-19(10-8-9-11-19)14-21-18(20-7-2)23(4)12-16-13-25-17(22-16)15(3)24-5/h13,15H,6-12,14H2,1-5H3,(H,20,21). The molecule has 1 N–H and O–H groups in total. The summed E-state index contributed by atoms with van der Waals surface area (Å²) < 4.78 is 5.36. The topological polar surface area (TPSA) is 49.8 Å². The molecular weight excluding hydrogens is 332 g/mol. The minimum Gasteiger partial charge on any atom is -0.375 e. The van der Waals surface area contributed by atoms with Crippen LogP contribution < -0.4 is 5.32 Å². The van der Waals surface area contributed by atoms with Crippen molar-refractivity contribution in [1.29, 1.82) is 0 Å². The van der Waals surface area contributed by atoms with E-state index in [1.165, 1.54) is 32.1 Å². The van der Waals surface area contributed by atoms with Gasteiger partial charge in [0.15, 0.2) is 5.96 Å². The molecule has 1 aromatic rings. The zero-order chi connectivity index (χ0) is 18.3. The van der Waals surface area contributed by atoms with Gasteiger partial charge in [0.2, 0.25) is 0 Å². The van der Waals surface area contributed by atoms with E-state index in [9.17, 15) is 0 Å². The van der Waals surface area contributed by atoms with Crippen molar-refractivity contribution in [2.75, 3.05) is 27.2 Å². The number of nitrogens with one attached hydrogen (secondary N) is 1. The molecule has 1 atom stereocenters. The maximum absolute atomic E-state index is 5.36. The van der Waals surface area contributed by atoms with Gasteiger partial charge in [-0.05, 0) is 38.5 Å². The minimum atomic E-state index is 0.0535. The number of aliphatic imine (C=N–C) groups is 1. The number of ether oxygens (including phenoxy) is 1. The van der Waals surface area contributed by atoms with E-state index in [1.807, 2.05) is 6.92 Å². The third-order valence-electron chi connectivity index (χ3n) is 5.34. The van der Waals surface area contributed by atoms with Crippen LogP contribution in [0.4, 0.5) is 0 Å². The van der Waals surface area contributed by atoms with Crippen molar-refractivity contribution in [2.45, 2.75) is 65.5 Å². The number of guanidine groups is 1. The maximum Gasteiger partial charge on any atom is 0.194 e. The van der Waals surface area contributed by atoms with Gasteiger partial charge in [0, 0.05) is 32.6 Å². The van der Waals surface area contributed by atoms with Crippen LogP contribution in [0.25, 0.3) is 0 Å². The molecule has 1 aliphatic carbocycles. The van der Waals surface area contributed by atoms with Crippen LogP contribution in [0.1, 0.15) is 69.7 Å². The van der Waals surface area contributed by atoms with Gasteiger partial charge in [-0.25, -0.2) is 4.98 Å². The van der Waals surface area contributed by atoms with Crippen molar-refractivity contribution in [1.82, 2.24) is 15.2 Å². The van der Waals surface area contributed by atoms with Crippen molar-refractivity contribution in [3.8, 4) is 0 Å². The molecule has 1 aromatic heterocycles. The molecule has 0 aromatic carbocycles. The van der Waals surface area contributed by atoms with E-state index < -0.39 is 0 Å². The molecule has 6 heteroatoms. The second kappa shape index (κ2) is 9.53. The van der Waals surface area contributed by atoms with E-state index in [-0.39, 0.29) is 6.10 Å². The Hall–Kier alpha value is -1.14. The first-order valence-corrected chi connectivity index (χ1v) is 10.4. The van der Waals surface area contributed by atoms with Crippen molar-refractivity contribution >= 4 is 17.3 Å². The smallest absolute Gasteiger partial charge is 0.194 e. The summed E-state index contributed by atoms with van der Waals surface area (Å²) in [5, 5.41) is 6.59. The largest absolute Gasteiger partial charge is 0.375 e. The monoisotopic (exact) mass is 366 g/mol. The van der Waals surface area contributed by atoms with Crippen molar-refractivity contribution in [3.63, 3.8) is 0 Å². The maximum atomic E-state index is 5.36. The Labute approximate surface area is 156 Å². The first-order valence-electron chi connectivity index (χ1n) is 9.50. The van der Waals surface area contributed by atoms with Crippen LogP contribution >= 0.6 is 11.3 Å². The fourth-order valence-electron chi connectivity index (χ4n) is 3.46. The zero-order valence-corrected chi connectivity index (χ0v) is 17.3. The van der Waals surface area contributed by atoms with Crippen LogP contribution in [0.15, 0.2) is 10.4 Å². The minimum absolute atomic E-state index is 0.0535. The Morgan fingerprint density at radius 2 is 2.16 bits per heavy atom. The third-order valence-corrected chi connectivity index (χ3v) is 6.40. The highest BCUT2D eigenvalue weighted by Gasteiger charge is 2.31. The van der Waals surface area contributed by atoms with Crippen LogP contribution in [-0.2, 0) is 11.3 Å².